The van der Waals surface area contributed by atoms with Gasteiger partial charge in [0.2, 0.25) is 5.91 Å². The van der Waals surface area contributed by atoms with Crippen LogP contribution in [-0.2, 0) is 16.1 Å². The van der Waals surface area contributed by atoms with Gasteiger partial charge in [-0.25, -0.2) is 4.39 Å². The van der Waals surface area contributed by atoms with Crippen LogP contribution in [0, 0.1) is 5.82 Å². The fourth-order valence-corrected chi connectivity index (χ4v) is 3.48. The van der Waals surface area contributed by atoms with Gasteiger partial charge in [0.1, 0.15) is 17.7 Å². The van der Waals surface area contributed by atoms with Crippen molar-refractivity contribution in [3.63, 3.8) is 0 Å². The summed E-state index contributed by atoms with van der Waals surface area (Å²) >= 11 is 0. The normalized spacial score (nSPS) is 19.1. The van der Waals surface area contributed by atoms with Crippen LogP contribution in [0.2, 0.25) is 0 Å². The Balaban J connectivity index is 1.52. The van der Waals surface area contributed by atoms with E-state index in [9.17, 15) is 9.18 Å². The molecule has 2 N–H and O–H groups in total. The molecule has 0 spiro atoms. The van der Waals surface area contributed by atoms with Crippen molar-refractivity contribution >= 4 is 11.9 Å². The average molecular weight is 429 g/mol. The second kappa shape index (κ2) is 10.8. The fourth-order valence-electron chi connectivity index (χ4n) is 3.48. The maximum Gasteiger partial charge on any atom is 0.239 e. The van der Waals surface area contributed by atoms with Gasteiger partial charge in [-0.2, -0.15) is 0 Å². The molecule has 7 nitrogen and oxygen atoms in total. The molecular formula is C23H29FN4O3. The number of morpholine rings is 1. The lowest BCUT2D eigenvalue weighted by molar-refractivity contribution is -0.120. The third kappa shape index (κ3) is 6.42. The van der Waals surface area contributed by atoms with E-state index in [4.69, 9.17) is 9.47 Å². The topological polar surface area (TPSA) is 75.2 Å². The minimum atomic E-state index is -0.275. The number of carbonyl (C=O) groups is 1. The Morgan fingerprint density at radius 3 is 2.52 bits per heavy atom. The number of aliphatic imine (C=N–C) groups is 1. The van der Waals surface area contributed by atoms with Crippen LogP contribution in [0.5, 0.6) is 5.75 Å². The minimum Gasteiger partial charge on any atom is -0.497 e. The number of nitrogens with zero attached hydrogens (tertiary/aromatic N) is 2. The largest absolute Gasteiger partial charge is 0.497 e. The van der Waals surface area contributed by atoms with Crippen LogP contribution in [0.3, 0.4) is 0 Å². The number of hydrogen-bond donors (Lipinski definition) is 2. The highest BCUT2D eigenvalue weighted by atomic mass is 19.1. The molecule has 1 fully saturated rings. The van der Waals surface area contributed by atoms with E-state index in [0.717, 1.165) is 16.9 Å². The molecule has 0 bridgehead atoms. The van der Waals surface area contributed by atoms with E-state index >= 15 is 0 Å². The number of guanidine groups is 1. The molecule has 3 rings (SSSR count). The first-order valence-electron chi connectivity index (χ1n) is 10.2. The number of methoxy groups -OCH3 is 1. The highest BCUT2D eigenvalue weighted by Crippen LogP contribution is 2.25. The summed E-state index contributed by atoms with van der Waals surface area (Å²) in [5.41, 5.74) is 1.90. The molecule has 2 aromatic rings. The lowest BCUT2D eigenvalue weighted by atomic mass is 10.1. The quantitative estimate of drug-likeness (QED) is 0.546. The minimum absolute atomic E-state index is 0.0359. The van der Waals surface area contributed by atoms with Gasteiger partial charge in [0.25, 0.3) is 0 Å². The van der Waals surface area contributed by atoms with Crippen LogP contribution in [0.4, 0.5) is 4.39 Å². The van der Waals surface area contributed by atoms with Gasteiger partial charge in [0.05, 0.1) is 26.3 Å². The van der Waals surface area contributed by atoms with Crippen molar-refractivity contribution in [2.45, 2.75) is 25.7 Å². The SMILES string of the molecule is CN=C(NCC(=O)NCc1ccc(OC)cc1)N1CC(C)OC(c2ccc(F)cc2)C1. The molecule has 0 aromatic heterocycles. The molecule has 31 heavy (non-hydrogen) atoms. The zero-order valence-corrected chi connectivity index (χ0v) is 18.1. The van der Waals surface area contributed by atoms with E-state index in [-0.39, 0.29) is 30.5 Å². The molecule has 1 saturated heterocycles. The predicted molar refractivity (Wildman–Crippen MR) is 117 cm³/mol. The first-order valence-corrected chi connectivity index (χ1v) is 10.2. The lowest BCUT2D eigenvalue weighted by Crippen LogP contribution is -2.52. The lowest BCUT2D eigenvalue weighted by Gasteiger charge is -2.38. The molecule has 0 radical (unpaired) electrons. The zero-order valence-electron chi connectivity index (χ0n) is 18.1. The van der Waals surface area contributed by atoms with Crippen LogP contribution in [-0.4, -0.2) is 56.7 Å². The maximum absolute atomic E-state index is 13.2. The maximum atomic E-state index is 13.2. The molecule has 2 aromatic carbocycles. The summed E-state index contributed by atoms with van der Waals surface area (Å²) in [4.78, 5) is 18.7. The summed E-state index contributed by atoms with van der Waals surface area (Å²) in [7, 11) is 3.30. The van der Waals surface area contributed by atoms with Crippen LogP contribution in [0.25, 0.3) is 0 Å². The van der Waals surface area contributed by atoms with Crippen LogP contribution in [0.1, 0.15) is 24.2 Å². The van der Waals surface area contributed by atoms with E-state index in [2.05, 4.69) is 20.5 Å². The van der Waals surface area contributed by atoms with Gasteiger partial charge in [0.15, 0.2) is 5.96 Å². The molecule has 0 saturated carbocycles. The van der Waals surface area contributed by atoms with E-state index in [1.807, 2.05) is 31.2 Å². The Morgan fingerprint density at radius 1 is 1.16 bits per heavy atom. The van der Waals surface area contributed by atoms with Crippen molar-refractivity contribution in [1.29, 1.82) is 0 Å². The van der Waals surface area contributed by atoms with Crippen molar-refractivity contribution < 1.29 is 18.7 Å². The molecular weight excluding hydrogens is 399 g/mol. The van der Waals surface area contributed by atoms with Crippen molar-refractivity contribution in [2.24, 2.45) is 4.99 Å². The highest BCUT2D eigenvalue weighted by Gasteiger charge is 2.28. The number of rotatable bonds is 6. The van der Waals surface area contributed by atoms with Crippen molar-refractivity contribution in [1.82, 2.24) is 15.5 Å². The van der Waals surface area contributed by atoms with Crippen molar-refractivity contribution in [3.8, 4) is 5.75 Å². The number of halogens is 1. The number of benzene rings is 2. The third-order valence-electron chi connectivity index (χ3n) is 5.07. The number of carbonyl (C=O) groups excluding carboxylic acids is 1. The highest BCUT2D eigenvalue weighted by molar-refractivity contribution is 5.86. The molecule has 1 heterocycles. The van der Waals surface area contributed by atoms with E-state index in [1.54, 1.807) is 26.3 Å². The fraction of sp³-hybridized carbons (Fsp3) is 0.391. The van der Waals surface area contributed by atoms with Gasteiger partial charge in [-0.1, -0.05) is 24.3 Å². The summed E-state index contributed by atoms with van der Waals surface area (Å²) in [6.07, 6.45) is -0.238. The van der Waals surface area contributed by atoms with Gasteiger partial charge in [-0.3, -0.25) is 9.79 Å². The third-order valence-corrected chi connectivity index (χ3v) is 5.07. The summed E-state index contributed by atoms with van der Waals surface area (Å²) in [6.45, 7) is 3.73. The molecule has 2 atom stereocenters. The molecule has 1 amide bonds. The number of ether oxygens (including phenoxy) is 2. The average Bonchev–Trinajstić information content (AvgIpc) is 2.78. The van der Waals surface area contributed by atoms with Gasteiger partial charge in [-0.15, -0.1) is 0 Å². The second-order valence-corrected chi connectivity index (χ2v) is 7.42. The summed E-state index contributed by atoms with van der Waals surface area (Å²) in [5.74, 6) is 0.997. The first kappa shape index (κ1) is 22.6. The monoisotopic (exact) mass is 428 g/mol. The van der Waals surface area contributed by atoms with E-state index in [1.165, 1.54) is 12.1 Å². The summed E-state index contributed by atoms with van der Waals surface area (Å²) < 4.78 is 24.4. The Hall–Kier alpha value is -3.13. The van der Waals surface area contributed by atoms with E-state index < -0.39 is 0 Å². The molecule has 1 aliphatic heterocycles. The Bertz CT molecular complexity index is 887. The van der Waals surface area contributed by atoms with Crippen LogP contribution < -0.4 is 15.4 Å². The van der Waals surface area contributed by atoms with Gasteiger partial charge >= 0.3 is 0 Å². The molecule has 1 aliphatic rings. The zero-order chi connectivity index (χ0) is 22.2. The van der Waals surface area contributed by atoms with E-state index in [0.29, 0.717) is 25.6 Å². The smallest absolute Gasteiger partial charge is 0.239 e. The van der Waals surface area contributed by atoms with Gasteiger partial charge in [0, 0.05) is 20.1 Å². The van der Waals surface area contributed by atoms with Crippen molar-refractivity contribution in [2.75, 3.05) is 33.8 Å². The summed E-state index contributed by atoms with van der Waals surface area (Å²) in [5, 5.41) is 6.01. The van der Waals surface area contributed by atoms with Crippen LogP contribution in [0.15, 0.2) is 53.5 Å². The standard InChI is InChI=1S/C23H29FN4O3/c1-16-14-28(15-21(31-16)18-6-8-19(24)9-7-18)23(25-2)27-13-22(29)26-12-17-4-10-20(30-3)11-5-17/h4-11,16,21H,12-15H2,1-3H3,(H,25,27)(H,26,29). The summed E-state index contributed by atoms with van der Waals surface area (Å²) in [6, 6.07) is 13.9. The molecule has 8 heteroatoms. The number of hydrogen-bond acceptors (Lipinski definition) is 4. The van der Waals surface area contributed by atoms with Gasteiger partial charge in [-0.05, 0) is 42.3 Å². The molecule has 166 valence electrons. The van der Waals surface area contributed by atoms with Gasteiger partial charge < -0.3 is 25.0 Å². The first-order chi connectivity index (χ1) is 15.0. The Kier molecular flexibility index (Phi) is 7.83. The Morgan fingerprint density at radius 2 is 1.87 bits per heavy atom. The molecule has 2 unspecified atom stereocenters. The molecule has 0 aliphatic carbocycles. The number of amides is 1. The second-order valence-electron chi connectivity index (χ2n) is 7.42. The Labute approximate surface area is 182 Å². The van der Waals surface area contributed by atoms with Crippen LogP contribution >= 0.6 is 0 Å². The predicted octanol–water partition coefficient (Wildman–Crippen LogP) is 2.49. The number of nitrogens with one attached hydrogen (secondary N) is 2. The van der Waals surface area contributed by atoms with Crippen molar-refractivity contribution in [3.05, 3.63) is 65.5 Å².